The van der Waals surface area contributed by atoms with E-state index in [1.807, 2.05) is 0 Å². The highest BCUT2D eigenvalue weighted by Gasteiger charge is 2.46. The van der Waals surface area contributed by atoms with Crippen LogP contribution in [0, 0.1) is 5.92 Å². The molecule has 4 unspecified atom stereocenters. The van der Waals surface area contributed by atoms with E-state index in [0.717, 1.165) is 0 Å². The molecule has 0 radical (unpaired) electrons. The summed E-state index contributed by atoms with van der Waals surface area (Å²) in [4.78, 5) is 11.5. The fourth-order valence-electron chi connectivity index (χ4n) is 2.51. The predicted octanol–water partition coefficient (Wildman–Crippen LogP) is -0.964. The summed E-state index contributed by atoms with van der Waals surface area (Å²) in [5, 5.41) is 28.9. The van der Waals surface area contributed by atoms with Crippen molar-refractivity contribution in [3.05, 3.63) is 30.1 Å². The number of hydrogen-bond acceptors (Lipinski definition) is 5. The van der Waals surface area contributed by atoms with Crippen molar-refractivity contribution in [1.82, 2.24) is 0 Å². The Hall–Kier alpha value is -1.50. The molecular weight excluding hydrogens is 250 g/mol. The van der Waals surface area contributed by atoms with Crippen LogP contribution in [0.4, 0.5) is 0 Å². The summed E-state index contributed by atoms with van der Waals surface area (Å²) >= 11 is 0. The van der Waals surface area contributed by atoms with E-state index in [-0.39, 0.29) is 18.6 Å². The van der Waals surface area contributed by atoms with Crippen LogP contribution in [-0.2, 0) is 4.74 Å². The Morgan fingerprint density at radius 3 is 2.79 bits per heavy atom. The number of aliphatic hydroxyl groups is 3. The molecule has 0 amide bonds. The minimum atomic E-state index is -0.963. The molecule has 1 aromatic heterocycles. The molecule has 104 valence electrons. The minimum absolute atomic E-state index is 0.175. The number of rotatable bonds is 3. The van der Waals surface area contributed by atoms with Crippen LogP contribution in [0.15, 0.2) is 24.5 Å². The van der Waals surface area contributed by atoms with Gasteiger partial charge < -0.3 is 20.1 Å². The molecule has 1 aromatic rings. The van der Waals surface area contributed by atoms with Crippen LogP contribution in [0.25, 0.3) is 0 Å². The van der Waals surface area contributed by atoms with Crippen molar-refractivity contribution in [3.8, 4) is 0 Å². The third kappa shape index (κ3) is 2.60. The van der Waals surface area contributed by atoms with Gasteiger partial charge in [0.25, 0.3) is 0 Å². The summed E-state index contributed by atoms with van der Waals surface area (Å²) in [5.74, 6) is -0.810. The molecule has 4 atom stereocenters. The van der Waals surface area contributed by atoms with E-state index in [1.54, 1.807) is 29.1 Å². The van der Waals surface area contributed by atoms with E-state index in [4.69, 9.17) is 5.11 Å². The molecule has 1 fully saturated rings. The van der Waals surface area contributed by atoms with Crippen LogP contribution < -0.4 is 4.57 Å². The first kappa shape index (κ1) is 13.9. The topological polar surface area (TPSA) is 90.9 Å². The van der Waals surface area contributed by atoms with Crippen molar-refractivity contribution < 1.29 is 29.4 Å². The maximum Gasteiger partial charge on any atom is 0.343 e. The van der Waals surface area contributed by atoms with Crippen LogP contribution in [0.2, 0.25) is 0 Å². The molecule has 0 aromatic carbocycles. The second kappa shape index (κ2) is 5.64. The smallest absolute Gasteiger partial charge is 0.343 e. The highest BCUT2D eigenvalue weighted by molar-refractivity contribution is 5.88. The lowest BCUT2D eigenvalue weighted by atomic mass is 10.1. The number of carbonyl (C=O) groups excluding carboxylic acids is 1. The molecule has 2 rings (SSSR count). The number of hydrogen-bond donors (Lipinski definition) is 3. The number of carbonyl (C=O) groups is 1. The Morgan fingerprint density at radius 1 is 1.47 bits per heavy atom. The van der Waals surface area contributed by atoms with Crippen molar-refractivity contribution in [1.29, 1.82) is 0 Å². The van der Waals surface area contributed by atoms with E-state index >= 15 is 0 Å². The summed E-state index contributed by atoms with van der Waals surface area (Å²) in [5.41, 5.74) is 0.374. The second-order valence-electron chi connectivity index (χ2n) is 4.76. The zero-order valence-electron chi connectivity index (χ0n) is 10.6. The van der Waals surface area contributed by atoms with Gasteiger partial charge in [0.15, 0.2) is 18.4 Å². The average molecular weight is 268 g/mol. The summed E-state index contributed by atoms with van der Waals surface area (Å²) in [6.45, 7) is -0.175. The van der Waals surface area contributed by atoms with Crippen LogP contribution in [0.5, 0.6) is 0 Å². The van der Waals surface area contributed by atoms with Crippen LogP contribution in [0.1, 0.15) is 22.8 Å². The van der Waals surface area contributed by atoms with Crippen LogP contribution in [0.3, 0.4) is 0 Å². The Balaban J connectivity index is 2.25. The Kier molecular flexibility index (Phi) is 4.14. The van der Waals surface area contributed by atoms with E-state index < -0.39 is 18.2 Å². The second-order valence-corrected chi connectivity index (χ2v) is 4.76. The van der Waals surface area contributed by atoms with Gasteiger partial charge in [-0.05, 0) is 6.07 Å². The molecule has 0 aliphatic heterocycles. The van der Waals surface area contributed by atoms with E-state index in [0.29, 0.717) is 12.0 Å². The monoisotopic (exact) mass is 268 g/mol. The van der Waals surface area contributed by atoms with Gasteiger partial charge in [-0.3, -0.25) is 0 Å². The molecule has 0 spiro atoms. The molecule has 0 saturated heterocycles. The van der Waals surface area contributed by atoms with Crippen molar-refractivity contribution >= 4 is 5.97 Å². The lowest BCUT2D eigenvalue weighted by Gasteiger charge is -2.13. The van der Waals surface area contributed by atoms with Gasteiger partial charge in [-0.25, -0.2) is 4.79 Å². The highest BCUT2D eigenvalue weighted by Crippen LogP contribution is 2.31. The molecule has 1 aliphatic carbocycles. The summed E-state index contributed by atoms with van der Waals surface area (Å²) in [7, 11) is 1.30. The Morgan fingerprint density at radius 2 is 2.21 bits per heavy atom. The number of methoxy groups -OCH3 is 1. The number of aromatic nitrogens is 1. The summed E-state index contributed by atoms with van der Waals surface area (Å²) in [6, 6.07) is 2.93. The van der Waals surface area contributed by atoms with Gasteiger partial charge in [-0.1, -0.05) is 0 Å². The first-order valence-electron chi connectivity index (χ1n) is 6.14. The van der Waals surface area contributed by atoms with Gasteiger partial charge in [-0.2, -0.15) is 4.57 Å². The zero-order valence-corrected chi connectivity index (χ0v) is 10.6. The molecule has 6 heteroatoms. The van der Waals surface area contributed by atoms with E-state index in [1.165, 1.54) is 7.11 Å². The summed E-state index contributed by atoms with van der Waals surface area (Å²) < 4.78 is 6.32. The molecule has 6 nitrogen and oxygen atoms in total. The lowest BCUT2D eigenvalue weighted by molar-refractivity contribution is -0.729. The maximum atomic E-state index is 11.5. The minimum Gasteiger partial charge on any atom is -0.465 e. The molecule has 1 saturated carbocycles. The predicted molar refractivity (Wildman–Crippen MR) is 64.2 cm³/mol. The third-order valence-corrected chi connectivity index (χ3v) is 3.63. The number of aliphatic hydroxyl groups excluding tert-OH is 3. The SMILES string of the molecule is COC(=O)c1ccc[n+](C2CC(CO)C(O)C2O)c1. The highest BCUT2D eigenvalue weighted by atomic mass is 16.5. The quantitative estimate of drug-likeness (QED) is 0.485. The van der Waals surface area contributed by atoms with E-state index in [9.17, 15) is 15.0 Å². The zero-order chi connectivity index (χ0) is 14.0. The third-order valence-electron chi connectivity index (χ3n) is 3.63. The first-order valence-corrected chi connectivity index (χ1v) is 6.14. The van der Waals surface area contributed by atoms with Gasteiger partial charge in [0.2, 0.25) is 0 Å². The van der Waals surface area contributed by atoms with Crippen molar-refractivity contribution in [2.45, 2.75) is 24.7 Å². The fraction of sp³-hybridized carbons (Fsp3) is 0.538. The molecular formula is C13H18NO5+. The number of ether oxygens (including phenoxy) is 1. The number of nitrogens with zero attached hydrogens (tertiary/aromatic N) is 1. The molecule has 3 N–H and O–H groups in total. The molecule has 0 bridgehead atoms. The van der Waals surface area contributed by atoms with Crippen LogP contribution in [-0.4, -0.2) is 47.2 Å². The number of esters is 1. The summed E-state index contributed by atoms with van der Waals surface area (Å²) in [6.07, 6.45) is 1.83. The van der Waals surface area contributed by atoms with Gasteiger partial charge in [0.05, 0.1) is 13.2 Å². The van der Waals surface area contributed by atoms with Gasteiger partial charge in [0, 0.05) is 25.0 Å². The maximum absolute atomic E-state index is 11.5. The number of pyridine rings is 1. The van der Waals surface area contributed by atoms with Gasteiger partial charge in [-0.15, -0.1) is 0 Å². The van der Waals surface area contributed by atoms with Crippen molar-refractivity contribution in [3.63, 3.8) is 0 Å². The largest absolute Gasteiger partial charge is 0.465 e. The fourth-order valence-corrected chi connectivity index (χ4v) is 2.51. The van der Waals surface area contributed by atoms with E-state index in [2.05, 4.69) is 4.74 Å². The average Bonchev–Trinajstić information content (AvgIpc) is 2.74. The van der Waals surface area contributed by atoms with Crippen LogP contribution >= 0.6 is 0 Å². The normalized spacial score (nSPS) is 30.3. The van der Waals surface area contributed by atoms with Gasteiger partial charge >= 0.3 is 5.97 Å². The first-order chi connectivity index (χ1) is 9.08. The Bertz CT molecular complexity index is 464. The molecule has 1 heterocycles. The Labute approximate surface area is 110 Å². The van der Waals surface area contributed by atoms with Crippen molar-refractivity contribution in [2.24, 2.45) is 5.92 Å². The molecule has 1 aliphatic rings. The van der Waals surface area contributed by atoms with Gasteiger partial charge in [0.1, 0.15) is 11.7 Å². The van der Waals surface area contributed by atoms with Crippen molar-refractivity contribution in [2.75, 3.05) is 13.7 Å². The lowest BCUT2D eigenvalue weighted by Crippen LogP contribution is -2.45. The molecule has 19 heavy (non-hydrogen) atoms. The standard InChI is InChI=1S/C13H18NO5/c1-19-13(18)8-3-2-4-14(6-8)10-5-9(7-15)11(16)12(10)17/h2-4,6,9-12,15-17H,5,7H2,1H3/q+1.